The normalized spacial score (nSPS) is 13.2. The maximum Gasteiger partial charge on any atom is 1.00 e. The number of hydrogen-bond donors (Lipinski definition) is 3. The van der Waals surface area contributed by atoms with Crippen LogP contribution in [-0.4, -0.2) is 29.1 Å². The van der Waals surface area contributed by atoms with Crippen molar-refractivity contribution in [3.05, 3.63) is 71.0 Å². The van der Waals surface area contributed by atoms with E-state index in [1.54, 1.807) is 36.4 Å². The first kappa shape index (κ1) is 39.1. The summed E-state index contributed by atoms with van der Waals surface area (Å²) < 4.78 is 12.5. The molecule has 0 aromatic heterocycles. The molecular weight excluding hydrogens is 428 g/mol. The zero-order chi connectivity index (χ0) is 20.2. The van der Waals surface area contributed by atoms with Gasteiger partial charge in [-0.1, -0.05) is 60.4 Å². The van der Waals surface area contributed by atoms with Gasteiger partial charge in [0, 0.05) is 11.5 Å². The third-order valence-corrected chi connectivity index (χ3v) is 4.67. The minimum Gasteiger partial charge on any atom is -1.00 e. The smallest absolute Gasteiger partial charge is 1.00 e. The summed E-state index contributed by atoms with van der Waals surface area (Å²) in [6.07, 6.45) is 6.21. The molecule has 0 radical (unpaired) electrons. The SMILES string of the molecule is C.C.C.C.C1CCNCC1.O=C(c1ccc(F)cc1)C1CC1.OCc1ccc(CO)cc1.[H-].[Na+]. The summed E-state index contributed by atoms with van der Waals surface area (Å²) in [5, 5.41) is 20.6. The first-order chi connectivity index (χ1) is 13.6. The molecule has 4 rings (SSSR count). The topological polar surface area (TPSA) is 69.6 Å². The Morgan fingerprint density at radius 2 is 1.24 bits per heavy atom. The summed E-state index contributed by atoms with van der Waals surface area (Å²) in [5.41, 5.74) is 2.38. The number of rotatable bonds is 4. The van der Waals surface area contributed by atoms with Crippen molar-refractivity contribution in [2.24, 2.45) is 5.92 Å². The zero-order valence-corrected chi connectivity index (χ0v) is 19.2. The van der Waals surface area contributed by atoms with Crippen molar-refractivity contribution in [2.75, 3.05) is 13.1 Å². The summed E-state index contributed by atoms with van der Waals surface area (Å²) in [5.74, 6) is 0.0906. The maximum absolute atomic E-state index is 12.5. The molecule has 2 fully saturated rings. The molecule has 0 atom stereocenters. The van der Waals surface area contributed by atoms with E-state index in [1.807, 2.05) is 0 Å². The minimum absolute atomic E-state index is 0. The molecule has 1 aliphatic heterocycles. The van der Waals surface area contributed by atoms with Crippen LogP contribution in [0.2, 0.25) is 0 Å². The number of aliphatic hydroxyl groups excluding tert-OH is 2. The molecule has 1 saturated heterocycles. The third-order valence-electron chi connectivity index (χ3n) is 4.67. The van der Waals surface area contributed by atoms with Crippen LogP contribution in [0.5, 0.6) is 0 Å². The van der Waals surface area contributed by atoms with E-state index in [4.69, 9.17) is 10.2 Å². The van der Waals surface area contributed by atoms with Crippen LogP contribution in [0.1, 0.15) is 84.7 Å². The van der Waals surface area contributed by atoms with E-state index >= 15 is 0 Å². The van der Waals surface area contributed by atoms with Crippen molar-refractivity contribution in [3.8, 4) is 0 Å². The number of piperidine rings is 1. The van der Waals surface area contributed by atoms with Gasteiger partial charge < -0.3 is 17.0 Å². The second-order valence-corrected chi connectivity index (χ2v) is 7.09. The van der Waals surface area contributed by atoms with E-state index in [1.165, 1.54) is 44.5 Å². The first-order valence-corrected chi connectivity index (χ1v) is 9.94. The van der Waals surface area contributed by atoms with Crippen molar-refractivity contribution in [3.63, 3.8) is 0 Å². The van der Waals surface area contributed by atoms with Crippen LogP contribution in [0, 0.1) is 11.7 Å². The van der Waals surface area contributed by atoms with Gasteiger partial charge in [0.1, 0.15) is 5.82 Å². The number of benzene rings is 2. The molecule has 33 heavy (non-hydrogen) atoms. The number of ketones is 1. The number of nitrogens with one attached hydrogen (secondary N) is 1. The molecular formula is C27H47FNNaO3. The number of hydrogen-bond acceptors (Lipinski definition) is 4. The summed E-state index contributed by atoms with van der Waals surface area (Å²) in [4.78, 5) is 11.4. The Labute approximate surface area is 225 Å². The molecule has 186 valence electrons. The molecule has 0 amide bonds. The molecule has 3 N–H and O–H groups in total. The van der Waals surface area contributed by atoms with Crippen LogP contribution in [0.25, 0.3) is 0 Å². The van der Waals surface area contributed by atoms with E-state index in [9.17, 15) is 9.18 Å². The minimum atomic E-state index is -0.289. The van der Waals surface area contributed by atoms with Gasteiger partial charge >= 0.3 is 29.6 Å². The van der Waals surface area contributed by atoms with Gasteiger partial charge in [-0.3, -0.25) is 4.79 Å². The number of carbonyl (C=O) groups excluding carboxylic acids is 1. The van der Waals surface area contributed by atoms with Gasteiger partial charge in [0.15, 0.2) is 5.78 Å². The van der Waals surface area contributed by atoms with Crippen LogP contribution in [0.4, 0.5) is 4.39 Å². The second kappa shape index (κ2) is 22.7. The molecule has 0 spiro atoms. The molecule has 0 bridgehead atoms. The van der Waals surface area contributed by atoms with Gasteiger partial charge in [-0.15, -0.1) is 0 Å². The first-order valence-electron chi connectivity index (χ1n) is 9.94. The molecule has 0 unspecified atom stereocenters. The van der Waals surface area contributed by atoms with Crippen molar-refractivity contribution < 1.29 is 50.4 Å². The standard InChI is InChI=1S/C10H9FO.C8H10O2.C5H11N.4CH4.Na.H/c11-9-5-3-8(4-6-9)10(12)7-1-2-7;9-5-7-1-2-8(6-10)4-3-7;1-2-4-6-5-3-1;;;;;;/h3-7H,1-2H2;1-4,9-10H,5-6H2;6H,1-5H2;4*1H4;;/q;;;;;;;+1;-1. The molecule has 1 saturated carbocycles. The monoisotopic (exact) mass is 475 g/mol. The van der Waals surface area contributed by atoms with Crippen molar-refractivity contribution in [2.45, 2.75) is 75.0 Å². The van der Waals surface area contributed by atoms with Gasteiger partial charge in [-0.05, 0) is 74.2 Å². The van der Waals surface area contributed by atoms with Gasteiger partial charge in [-0.25, -0.2) is 4.39 Å². The number of aliphatic hydroxyl groups is 2. The fourth-order valence-corrected chi connectivity index (χ4v) is 2.75. The van der Waals surface area contributed by atoms with E-state index in [2.05, 4.69) is 5.32 Å². The molecule has 2 aromatic carbocycles. The predicted octanol–water partition coefficient (Wildman–Crippen LogP) is 3.51. The van der Waals surface area contributed by atoms with E-state index in [0.717, 1.165) is 24.0 Å². The van der Waals surface area contributed by atoms with Gasteiger partial charge in [0.05, 0.1) is 13.2 Å². The Hall–Kier alpha value is -1.08. The van der Waals surface area contributed by atoms with Crippen molar-refractivity contribution >= 4 is 5.78 Å². The zero-order valence-electron chi connectivity index (χ0n) is 18.2. The van der Waals surface area contributed by atoms with Crippen LogP contribution in [0.15, 0.2) is 48.5 Å². The molecule has 2 aliphatic rings. The summed E-state index contributed by atoms with van der Waals surface area (Å²) in [6.45, 7) is 2.62. The van der Waals surface area contributed by atoms with Crippen molar-refractivity contribution in [1.82, 2.24) is 5.32 Å². The Kier molecular flexibility index (Phi) is 26.9. The fourth-order valence-electron chi connectivity index (χ4n) is 2.75. The fraction of sp³-hybridized carbons (Fsp3) is 0.519. The summed E-state index contributed by atoms with van der Waals surface area (Å²) in [7, 11) is 0. The van der Waals surface area contributed by atoms with E-state index in [0.29, 0.717) is 5.56 Å². The van der Waals surface area contributed by atoms with Gasteiger partial charge in [0.25, 0.3) is 0 Å². The Balaban J connectivity index is -0.000000118. The van der Waals surface area contributed by atoms with Crippen LogP contribution >= 0.6 is 0 Å². The molecule has 6 heteroatoms. The van der Waals surface area contributed by atoms with Gasteiger partial charge in [-0.2, -0.15) is 0 Å². The molecule has 1 heterocycles. The average Bonchev–Trinajstić information content (AvgIpc) is 3.61. The average molecular weight is 476 g/mol. The Morgan fingerprint density at radius 1 is 0.818 bits per heavy atom. The Bertz CT molecular complexity index is 672. The summed E-state index contributed by atoms with van der Waals surface area (Å²) >= 11 is 0. The molecule has 1 aliphatic carbocycles. The number of carbonyl (C=O) groups is 1. The molecule has 4 nitrogen and oxygen atoms in total. The predicted molar refractivity (Wildman–Crippen MR) is 136 cm³/mol. The molecule has 2 aromatic rings. The van der Waals surface area contributed by atoms with E-state index < -0.39 is 0 Å². The van der Waals surface area contributed by atoms with Crippen LogP contribution < -0.4 is 34.9 Å². The van der Waals surface area contributed by atoms with Crippen LogP contribution in [-0.2, 0) is 13.2 Å². The number of halogens is 1. The maximum atomic E-state index is 12.5. The number of Topliss-reactive ketones (excluding diaryl/α,β-unsaturated/α-hetero) is 1. The summed E-state index contributed by atoms with van der Waals surface area (Å²) in [6, 6.07) is 12.9. The largest absolute Gasteiger partial charge is 1.00 e. The third kappa shape index (κ3) is 16.2. The van der Waals surface area contributed by atoms with Crippen molar-refractivity contribution in [1.29, 1.82) is 0 Å². The van der Waals surface area contributed by atoms with E-state index in [-0.39, 0.29) is 91.4 Å². The quantitative estimate of drug-likeness (QED) is 0.468. The van der Waals surface area contributed by atoms with Gasteiger partial charge in [0.2, 0.25) is 0 Å². The van der Waals surface area contributed by atoms with Crippen LogP contribution in [0.3, 0.4) is 0 Å². The second-order valence-electron chi connectivity index (χ2n) is 7.09. The Morgan fingerprint density at radius 3 is 1.52 bits per heavy atom.